The van der Waals surface area contributed by atoms with Crippen molar-refractivity contribution in [3.8, 4) is 11.1 Å². The lowest BCUT2D eigenvalue weighted by atomic mass is 10.0. The normalized spacial score (nSPS) is 15.4. The highest BCUT2D eigenvalue weighted by molar-refractivity contribution is 6.30. The number of rotatable bonds is 7. The van der Waals surface area contributed by atoms with Crippen LogP contribution in [-0.2, 0) is 13.0 Å². The Morgan fingerprint density at radius 2 is 1.80 bits per heavy atom. The van der Waals surface area contributed by atoms with Crippen LogP contribution in [0, 0.1) is 6.92 Å². The number of pyridine rings is 2. The van der Waals surface area contributed by atoms with Gasteiger partial charge in [0.15, 0.2) is 0 Å². The van der Waals surface area contributed by atoms with E-state index in [1.807, 2.05) is 59.8 Å². The van der Waals surface area contributed by atoms with Gasteiger partial charge in [-0.3, -0.25) is 14.7 Å². The highest BCUT2D eigenvalue weighted by Crippen LogP contribution is 2.33. The fourth-order valence-corrected chi connectivity index (χ4v) is 5.80. The summed E-state index contributed by atoms with van der Waals surface area (Å²) in [6.07, 6.45) is 4.66. The zero-order valence-electron chi connectivity index (χ0n) is 23.4. The Balaban J connectivity index is 1.14. The molecule has 0 aliphatic carbocycles. The Morgan fingerprint density at radius 1 is 0.927 bits per heavy atom. The van der Waals surface area contributed by atoms with Crippen LogP contribution in [0.25, 0.3) is 11.1 Å². The third-order valence-electron chi connectivity index (χ3n) is 8.07. The summed E-state index contributed by atoms with van der Waals surface area (Å²) in [5.74, 6) is 0.967. The van der Waals surface area contributed by atoms with Gasteiger partial charge >= 0.3 is 0 Å². The SMILES string of the molecule is Cc1ccc(Cl)cc1CN1CCNc2ncc(-c3cccc(C(=O)N4CCN(CCc5ccccn5)CC4)c3)cc21. The third-order valence-corrected chi connectivity index (χ3v) is 8.30. The number of nitrogens with one attached hydrogen (secondary N) is 1. The predicted molar refractivity (Wildman–Crippen MR) is 166 cm³/mol. The molecular formula is C33H35ClN6O. The van der Waals surface area contributed by atoms with Crippen molar-refractivity contribution >= 4 is 29.0 Å². The molecule has 1 saturated heterocycles. The molecule has 210 valence electrons. The van der Waals surface area contributed by atoms with E-state index in [1.54, 1.807) is 0 Å². The van der Waals surface area contributed by atoms with Crippen molar-refractivity contribution in [2.24, 2.45) is 0 Å². The first-order valence-electron chi connectivity index (χ1n) is 14.3. The second kappa shape index (κ2) is 12.3. The molecule has 2 aromatic heterocycles. The Hall–Kier alpha value is -3.94. The number of aryl methyl sites for hydroxylation is 1. The van der Waals surface area contributed by atoms with E-state index in [0.29, 0.717) is 5.56 Å². The van der Waals surface area contributed by atoms with E-state index >= 15 is 0 Å². The van der Waals surface area contributed by atoms with Crippen molar-refractivity contribution in [2.75, 3.05) is 56.0 Å². The minimum atomic E-state index is 0.0851. The van der Waals surface area contributed by atoms with E-state index in [4.69, 9.17) is 16.6 Å². The van der Waals surface area contributed by atoms with E-state index in [1.165, 1.54) is 11.1 Å². The largest absolute Gasteiger partial charge is 0.367 e. The maximum absolute atomic E-state index is 13.5. The molecule has 41 heavy (non-hydrogen) atoms. The molecule has 0 unspecified atom stereocenters. The lowest BCUT2D eigenvalue weighted by molar-refractivity contribution is 0.0638. The molecule has 6 rings (SSSR count). The first-order valence-corrected chi connectivity index (χ1v) is 14.7. The van der Waals surface area contributed by atoms with Gasteiger partial charge in [0.2, 0.25) is 0 Å². The van der Waals surface area contributed by atoms with Gasteiger partial charge < -0.3 is 15.1 Å². The van der Waals surface area contributed by atoms with Gasteiger partial charge in [0.1, 0.15) is 5.82 Å². The molecule has 1 N–H and O–H groups in total. The summed E-state index contributed by atoms with van der Waals surface area (Å²) in [6.45, 7) is 8.76. The molecule has 4 heterocycles. The van der Waals surface area contributed by atoms with Crippen LogP contribution in [0.1, 0.15) is 27.2 Å². The Bertz CT molecular complexity index is 1520. The number of fused-ring (bicyclic) bond motifs is 1. The average Bonchev–Trinajstić information content (AvgIpc) is 3.02. The predicted octanol–water partition coefficient (Wildman–Crippen LogP) is 5.54. The fraction of sp³-hybridized carbons (Fsp3) is 0.303. The van der Waals surface area contributed by atoms with E-state index in [2.05, 4.69) is 51.3 Å². The minimum absolute atomic E-state index is 0.0851. The molecule has 0 bridgehead atoms. The number of aromatic nitrogens is 2. The molecule has 7 nitrogen and oxygen atoms in total. The highest BCUT2D eigenvalue weighted by atomic mass is 35.5. The minimum Gasteiger partial charge on any atom is -0.367 e. The van der Waals surface area contributed by atoms with E-state index in [9.17, 15) is 4.79 Å². The lowest BCUT2D eigenvalue weighted by Gasteiger charge is -2.34. The van der Waals surface area contributed by atoms with E-state index in [-0.39, 0.29) is 5.91 Å². The Labute approximate surface area is 246 Å². The molecule has 0 saturated carbocycles. The summed E-state index contributed by atoms with van der Waals surface area (Å²) in [5.41, 5.74) is 7.30. The van der Waals surface area contributed by atoms with Crippen LogP contribution in [0.3, 0.4) is 0 Å². The monoisotopic (exact) mass is 566 g/mol. The van der Waals surface area contributed by atoms with Crippen LogP contribution in [0.5, 0.6) is 0 Å². The van der Waals surface area contributed by atoms with Gasteiger partial charge in [-0.25, -0.2) is 4.98 Å². The zero-order chi connectivity index (χ0) is 28.2. The van der Waals surface area contributed by atoms with Gasteiger partial charge in [0.05, 0.1) is 5.69 Å². The molecule has 8 heteroatoms. The first kappa shape index (κ1) is 27.2. The molecule has 1 fully saturated rings. The number of anilines is 2. The quantitative estimate of drug-likeness (QED) is 0.317. The van der Waals surface area contributed by atoms with Gasteiger partial charge in [-0.05, 0) is 66.1 Å². The molecule has 2 aliphatic rings. The van der Waals surface area contributed by atoms with Crippen LogP contribution in [0.15, 0.2) is 79.1 Å². The summed E-state index contributed by atoms with van der Waals surface area (Å²) >= 11 is 6.30. The lowest BCUT2D eigenvalue weighted by Crippen LogP contribution is -2.49. The number of carbonyl (C=O) groups is 1. The van der Waals surface area contributed by atoms with Crippen LogP contribution in [0.4, 0.5) is 11.5 Å². The molecular weight excluding hydrogens is 532 g/mol. The molecule has 0 spiro atoms. The Morgan fingerprint density at radius 3 is 2.63 bits per heavy atom. The number of hydrogen-bond donors (Lipinski definition) is 1. The molecule has 2 aromatic carbocycles. The fourth-order valence-electron chi connectivity index (χ4n) is 5.61. The number of nitrogens with zero attached hydrogens (tertiary/aromatic N) is 5. The Kier molecular flexibility index (Phi) is 8.16. The second-order valence-electron chi connectivity index (χ2n) is 10.8. The third kappa shape index (κ3) is 6.37. The van der Waals surface area contributed by atoms with Gasteiger partial charge in [0.25, 0.3) is 5.91 Å². The molecule has 4 aromatic rings. The number of benzene rings is 2. The van der Waals surface area contributed by atoms with Gasteiger partial charge in [-0.2, -0.15) is 0 Å². The maximum atomic E-state index is 13.5. The second-order valence-corrected chi connectivity index (χ2v) is 11.2. The molecule has 0 atom stereocenters. The number of halogens is 1. The maximum Gasteiger partial charge on any atom is 0.253 e. The van der Waals surface area contributed by atoms with Gasteiger partial charge in [0, 0.05) is 93.0 Å². The molecule has 0 radical (unpaired) electrons. The summed E-state index contributed by atoms with van der Waals surface area (Å²) in [4.78, 5) is 29.4. The van der Waals surface area contributed by atoms with Crippen molar-refractivity contribution in [2.45, 2.75) is 19.9 Å². The van der Waals surface area contributed by atoms with Crippen molar-refractivity contribution in [3.63, 3.8) is 0 Å². The van der Waals surface area contributed by atoms with Crippen molar-refractivity contribution < 1.29 is 4.79 Å². The average molecular weight is 567 g/mol. The standard InChI is InChI=1S/C33H35ClN6O/c1-24-8-9-29(34)20-28(24)23-40-14-12-36-32-31(40)21-27(22-37-32)25-5-4-6-26(19-25)33(41)39-17-15-38(16-18-39)13-10-30-7-2-3-11-35-30/h2-9,11,19-22H,10,12-18,23H2,1H3,(H,36,37). The van der Waals surface area contributed by atoms with Gasteiger partial charge in [-0.1, -0.05) is 35.9 Å². The number of hydrogen-bond acceptors (Lipinski definition) is 6. The summed E-state index contributed by atoms with van der Waals surface area (Å²) in [7, 11) is 0. The first-order chi connectivity index (χ1) is 20.0. The topological polar surface area (TPSA) is 64.6 Å². The van der Waals surface area contributed by atoms with Crippen molar-refractivity contribution in [3.05, 3.63) is 107 Å². The van der Waals surface area contributed by atoms with Crippen LogP contribution >= 0.6 is 11.6 Å². The van der Waals surface area contributed by atoms with Crippen molar-refractivity contribution in [1.29, 1.82) is 0 Å². The molecule has 1 amide bonds. The number of piperazine rings is 1. The highest BCUT2D eigenvalue weighted by Gasteiger charge is 2.23. The summed E-state index contributed by atoms with van der Waals surface area (Å²) in [5, 5.41) is 4.18. The summed E-state index contributed by atoms with van der Waals surface area (Å²) < 4.78 is 0. The van der Waals surface area contributed by atoms with Crippen LogP contribution in [0.2, 0.25) is 5.02 Å². The van der Waals surface area contributed by atoms with Crippen molar-refractivity contribution in [1.82, 2.24) is 19.8 Å². The van der Waals surface area contributed by atoms with Gasteiger partial charge in [-0.15, -0.1) is 0 Å². The zero-order valence-corrected chi connectivity index (χ0v) is 24.1. The number of amides is 1. The molecule has 2 aliphatic heterocycles. The smallest absolute Gasteiger partial charge is 0.253 e. The van der Waals surface area contributed by atoms with Crippen LogP contribution in [-0.4, -0.2) is 71.5 Å². The summed E-state index contributed by atoms with van der Waals surface area (Å²) in [6, 6.07) is 22.2. The van der Waals surface area contributed by atoms with Crippen LogP contribution < -0.4 is 10.2 Å². The van der Waals surface area contributed by atoms with E-state index in [0.717, 1.165) is 92.1 Å². The number of carbonyl (C=O) groups excluding carboxylic acids is 1. The van der Waals surface area contributed by atoms with E-state index < -0.39 is 0 Å².